The average molecular weight is 210 g/mol. The van der Waals surface area contributed by atoms with E-state index in [1.54, 1.807) is 25.1 Å². The number of amides is 1. The topological polar surface area (TPSA) is 71.2 Å². The van der Waals surface area contributed by atoms with Crippen molar-refractivity contribution in [3.63, 3.8) is 0 Å². The molecule has 0 radical (unpaired) electrons. The largest absolute Gasteiger partial charge is 0.387 e. The van der Waals surface area contributed by atoms with Crippen molar-refractivity contribution in [2.75, 3.05) is 13.6 Å². The van der Waals surface area contributed by atoms with Crippen molar-refractivity contribution in [3.05, 3.63) is 11.9 Å². The van der Waals surface area contributed by atoms with E-state index in [0.717, 1.165) is 13.0 Å². The summed E-state index contributed by atoms with van der Waals surface area (Å²) in [4.78, 5) is 13.3. The Morgan fingerprint density at radius 3 is 2.87 bits per heavy atom. The Kier molecular flexibility index (Phi) is 2.44. The summed E-state index contributed by atoms with van der Waals surface area (Å²) < 4.78 is 1.54. The van der Waals surface area contributed by atoms with Crippen LogP contribution in [0.1, 0.15) is 31.2 Å². The highest BCUT2D eigenvalue weighted by atomic mass is 16.3. The molecule has 2 rings (SSSR count). The monoisotopic (exact) mass is 210 g/mol. The standard InChI is InChI=1S/C9H14N4O2/c1-6(14)7-5-13(11-10-7)8-3-4-12(2)9(8)15/h5-6,8,14H,3-4H2,1-2H3. The molecule has 0 aromatic carbocycles. The van der Waals surface area contributed by atoms with Gasteiger partial charge < -0.3 is 10.0 Å². The van der Waals surface area contributed by atoms with Gasteiger partial charge in [-0.05, 0) is 13.3 Å². The number of aromatic nitrogens is 3. The summed E-state index contributed by atoms with van der Waals surface area (Å²) >= 11 is 0. The van der Waals surface area contributed by atoms with Gasteiger partial charge in [-0.3, -0.25) is 4.79 Å². The third-order valence-corrected chi connectivity index (χ3v) is 2.67. The molecule has 1 saturated heterocycles. The van der Waals surface area contributed by atoms with Crippen molar-refractivity contribution in [2.45, 2.75) is 25.5 Å². The zero-order chi connectivity index (χ0) is 11.0. The maximum Gasteiger partial charge on any atom is 0.247 e. The number of hydrogen-bond acceptors (Lipinski definition) is 4. The summed E-state index contributed by atoms with van der Waals surface area (Å²) in [6.45, 7) is 2.37. The molecule has 1 aliphatic rings. The fourth-order valence-electron chi connectivity index (χ4n) is 1.68. The van der Waals surface area contributed by atoms with E-state index in [1.165, 1.54) is 4.68 Å². The molecule has 2 heterocycles. The number of likely N-dealkylation sites (tertiary alicyclic amines) is 1. The molecule has 2 unspecified atom stereocenters. The molecule has 1 aromatic rings. The predicted molar refractivity (Wildman–Crippen MR) is 51.9 cm³/mol. The van der Waals surface area contributed by atoms with Crippen LogP contribution in [0.4, 0.5) is 0 Å². The molecule has 0 saturated carbocycles. The summed E-state index contributed by atoms with van der Waals surface area (Å²) in [5.74, 6) is 0.0528. The van der Waals surface area contributed by atoms with Gasteiger partial charge in [0.05, 0.1) is 12.3 Å². The zero-order valence-corrected chi connectivity index (χ0v) is 8.79. The summed E-state index contributed by atoms with van der Waals surface area (Å²) in [6.07, 6.45) is 1.73. The molecule has 1 amide bonds. The van der Waals surface area contributed by atoms with Gasteiger partial charge in [0.25, 0.3) is 0 Å². The van der Waals surface area contributed by atoms with E-state index in [1.807, 2.05) is 0 Å². The summed E-state index contributed by atoms with van der Waals surface area (Å²) in [7, 11) is 1.77. The van der Waals surface area contributed by atoms with Crippen LogP contribution >= 0.6 is 0 Å². The van der Waals surface area contributed by atoms with Crippen LogP contribution < -0.4 is 0 Å². The quantitative estimate of drug-likeness (QED) is 0.729. The molecule has 82 valence electrons. The fraction of sp³-hybridized carbons (Fsp3) is 0.667. The first kappa shape index (κ1) is 10.1. The molecule has 0 spiro atoms. The Hall–Kier alpha value is -1.43. The van der Waals surface area contributed by atoms with Crippen molar-refractivity contribution in [1.82, 2.24) is 19.9 Å². The average Bonchev–Trinajstić information content (AvgIpc) is 2.76. The van der Waals surface area contributed by atoms with Crippen LogP contribution in [-0.2, 0) is 4.79 Å². The van der Waals surface area contributed by atoms with Crippen molar-refractivity contribution in [2.24, 2.45) is 0 Å². The summed E-state index contributed by atoms with van der Waals surface area (Å²) in [6, 6.07) is -0.255. The summed E-state index contributed by atoms with van der Waals surface area (Å²) in [5.41, 5.74) is 0.498. The molecule has 2 atom stereocenters. The van der Waals surface area contributed by atoms with Crippen LogP contribution in [0.3, 0.4) is 0 Å². The minimum atomic E-state index is -0.645. The van der Waals surface area contributed by atoms with Gasteiger partial charge >= 0.3 is 0 Å². The number of hydrogen-bond donors (Lipinski definition) is 1. The molecular formula is C9H14N4O2. The van der Waals surface area contributed by atoms with Gasteiger partial charge in [0.2, 0.25) is 5.91 Å². The first-order valence-corrected chi connectivity index (χ1v) is 4.94. The molecule has 15 heavy (non-hydrogen) atoms. The minimum absolute atomic E-state index is 0.0528. The van der Waals surface area contributed by atoms with Crippen LogP contribution in [0.15, 0.2) is 6.20 Å². The number of carbonyl (C=O) groups excluding carboxylic acids is 1. The van der Waals surface area contributed by atoms with Crippen molar-refractivity contribution < 1.29 is 9.90 Å². The number of aliphatic hydroxyl groups excluding tert-OH is 1. The highest BCUT2D eigenvalue weighted by molar-refractivity contribution is 5.82. The lowest BCUT2D eigenvalue weighted by molar-refractivity contribution is -0.129. The zero-order valence-electron chi connectivity index (χ0n) is 8.79. The lowest BCUT2D eigenvalue weighted by Gasteiger charge is -2.09. The van der Waals surface area contributed by atoms with Crippen molar-refractivity contribution in [3.8, 4) is 0 Å². The lowest BCUT2D eigenvalue weighted by atomic mass is 10.2. The predicted octanol–water partition coefficient (Wildman–Crippen LogP) is -0.265. The number of rotatable bonds is 2. The highest BCUT2D eigenvalue weighted by Crippen LogP contribution is 2.21. The van der Waals surface area contributed by atoms with E-state index in [0.29, 0.717) is 5.69 Å². The van der Waals surface area contributed by atoms with Gasteiger partial charge in [0.15, 0.2) is 0 Å². The Morgan fingerprint density at radius 2 is 2.40 bits per heavy atom. The number of aliphatic hydroxyl groups is 1. The Labute approximate surface area is 87.5 Å². The molecule has 1 aliphatic heterocycles. The SMILES string of the molecule is CC(O)c1cn(C2CCN(C)C2=O)nn1. The molecule has 0 aliphatic carbocycles. The normalized spacial score (nSPS) is 23.5. The lowest BCUT2D eigenvalue weighted by Crippen LogP contribution is -2.24. The third kappa shape index (κ3) is 1.72. The number of carbonyl (C=O) groups is 1. The van der Waals surface area contributed by atoms with Gasteiger partial charge in [-0.15, -0.1) is 5.10 Å². The Balaban J connectivity index is 2.20. The second kappa shape index (κ2) is 3.62. The molecule has 6 nitrogen and oxygen atoms in total. The van der Waals surface area contributed by atoms with E-state index >= 15 is 0 Å². The van der Waals surface area contributed by atoms with Crippen LogP contribution in [0.2, 0.25) is 0 Å². The maximum atomic E-state index is 11.7. The molecule has 0 bridgehead atoms. The second-order valence-corrected chi connectivity index (χ2v) is 3.86. The van der Waals surface area contributed by atoms with Gasteiger partial charge in [0.1, 0.15) is 11.7 Å². The highest BCUT2D eigenvalue weighted by Gasteiger charge is 2.31. The maximum absolute atomic E-state index is 11.7. The van der Waals surface area contributed by atoms with Crippen LogP contribution in [-0.4, -0.2) is 44.5 Å². The van der Waals surface area contributed by atoms with E-state index in [-0.39, 0.29) is 11.9 Å². The van der Waals surface area contributed by atoms with Gasteiger partial charge in [-0.1, -0.05) is 5.21 Å². The molecule has 1 aromatic heterocycles. The Morgan fingerprint density at radius 1 is 1.67 bits per heavy atom. The Bertz CT molecular complexity index is 374. The van der Waals surface area contributed by atoms with E-state index in [4.69, 9.17) is 0 Å². The van der Waals surface area contributed by atoms with Crippen molar-refractivity contribution >= 4 is 5.91 Å². The van der Waals surface area contributed by atoms with Gasteiger partial charge in [-0.25, -0.2) is 4.68 Å². The fourth-order valence-corrected chi connectivity index (χ4v) is 1.68. The molecular weight excluding hydrogens is 196 g/mol. The van der Waals surface area contributed by atoms with E-state index < -0.39 is 6.10 Å². The smallest absolute Gasteiger partial charge is 0.247 e. The first-order chi connectivity index (χ1) is 7.09. The summed E-state index contributed by atoms with van der Waals surface area (Å²) in [5, 5.41) is 17.0. The van der Waals surface area contributed by atoms with Gasteiger partial charge in [0, 0.05) is 13.6 Å². The number of likely N-dealkylation sites (N-methyl/N-ethyl adjacent to an activating group) is 1. The van der Waals surface area contributed by atoms with Crippen molar-refractivity contribution in [1.29, 1.82) is 0 Å². The van der Waals surface area contributed by atoms with Crippen LogP contribution in [0.5, 0.6) is 0 Å². The minimum Gasteiger partial charge on any atom is -0.387 e. The van der Waals surface area contributed by atoms with Crippen LogP contribution in [0.25, 0.3) is 0 Å². The van der Waals surface area contributed by atoms with Crippen LogP contribution in [0, 0.1) is 0 Å². The second-order valence-electron chi connectivity index (χ2n) is 3.86. The number of nitrogens with zero attached hydrogens (tertiary/aromatic N) is 4. The van der Waals surface area contributed by atoms with E-state index in [2.05, 4.69) is 10.3 Å². The molecule has 1 N–H and O–H groups in total. The third-order valence-electron chi connectivity index (χ3n) is 2.67. The first-order valence-electron chi connectivity index (χ1n) is 4.94. The molecule has 6 heteroatoms. The molecule has 1 fully saturated rings. The van der Waals surface area contributed by atoms with E-state index in [9.17, 15) is 9.90 Å². The van der Waals surface area contributed by atoms with Gasteiger partial charge in [-0.2, -0.15) is 0 Å².